The Hall–Kier alpha value is -2.81. The Kier molecular flexibility index (Phi) is 8.89. The molecule has 0 unspecified atom stereocenters. The molecule has 0 spiro atoms. The molecule has 1 atom stereocenters. The van der Waals surface area contributed by atoms with Gasteiger partial charge in [0.25, 0.3) is 5.91 Å². The van der Waals surface area contributed by atoms with E-state index in [1.54, 1.807) is 12.1 Å². The monoisotopic (exact) mass is 535 g/mol. The van der Waals surface area contributed by atoms with Crippen molar-refractivity contribution in [3.63, 3.8) is 0 Å². The van der Waals surface area contributed by atoms with Gasteiger partial charge < -0.3 is 16.2 Å². The molecule has 2 rings (SSSR count). The van der Waals surface area contributed by atoms with Crippen LogP contribution in [0.3, 0.4) is 0 Å². The van der Waals surface area contributed by atoms with Gasteiger partial charge in [0, 0.05) is 11.0 Å². The first-order valence-corrected chi connectivity index (χ1v) is 11.2. The molecule has 14 heteroatoms. The van der Waals surface area contributed by atoms with E-state index in [1.165, 1.54) is 17.6 Å². The Morgan fingerprint density at radius 1 is 1.19 bits per heavy atom. The quantitative estimate of drug-likeness (QED) is 0.101. The Morgan fingerprint density at radius 3 is 2.31 bits per heavy atom. The zero-order valence-electron chi connectivity index (χ0n) is 16.4. The third kappa shape index (κ3) is 7.12. The number of carbonyl (C=O) groups is 1. The number of guanidine groups is 1. The second-order valence-corrected chi connectivity index (χ2v) is 9.00. The molecule has 0 aromatic heterocycles. The van der Waals surface area contributed by atoms with Crippen LogP contribution >= 0.6 is 15.9 Å². The summed E-state index contributed by atoms with van der Waals surface area (Å²) in [4.78, 5) is 14.7. The van der Waals surface area contributed by atoms with Crippen molar-refractivity contribution in [3.05, 3.63) is 52.5 Å². The summed E-state index contributed by atoms with van der Waals surface area (Å²) in [5.41, 5.74) is 11.7. The van der Waals surface area contributed by atoms with Crippen LogP contribution in [0.4, 0.5) is 8.78 Å². The smallest absolute Gasteiger partial charge is 0.261 e. The first-order chi connectivity index (χ1) is 15.0. The summed E-state index contributed by atoms with van der Waals surface area (Å²) >= 11 is 3.21. The first kappa shape index (κ1) is 25.5. The Balaban J connectivity index is 2.22. The van der Waals surface area contributed by atoms with E-state index in [2.05, 4.69) is 20.9 Å². The molecular weight excluding hydrogens is 516 g/mol. The minimum Gasteiger partial charge on any atom is -0.451 e. The van der Waals surface area contributed by atoms with Crippen LogP contribution in [-0.2, 0) is 14.8 Å². The van der Waals surface area contributed by atoms with Gasteiger partial charge in [-0.1, -0.05) is 15.9 Å². The molecule has 0 aliphatic heterocycles. The van der Waals surface area contributed by atoms with Gasteiger partial charge in [0.05, 0.1) is 4.90 Å². The van der Waals surface area contributed by atoms with Crippen LogP contribution < -0.4 is 26.4 Å². The van der Waals surface area contributed by atoms with Crippen LogP contribution in [0, 0.1) is 11.6 Å². The number of carbonyl (C=O) groups excluding carboxylic acids is 1. The molecule has 2 aromatic rings. The number of halogens is 3. The lowest BCUT2D eigenvalue weighted by Crippen LogP contribution is -2.45. The number of rotatable bonds is 10. The van der Waals surface area contributed by atoms with E-state index < -0.39 is 44.3 Å². The molecule has 0 saturated carbocycles. The molecule has 32 heavy (non-hydrogen) atoms. The van der Waals surface area contributed by atoms with E-state index in [-0.39, 0.29) is 31.1 Å². The standard InChI is InChI=1S/C18H20BrF2N5O5S/c19-10-3-5-11(6-4-10)31-16-13(20)8-12(9-14(16)21)32(29,30)26-15(17(27)25-28)2-1-7-24-18(22)23/h3-6,8-9,15,26,28H,1-2,7H2,(H,25,27)(H4,22,23,24)/t15-/m1/s1. The summed E-state index contributed by atoms with van der Waals surface area (Å²) in [6.07, 6.45) is 0.0549. The van der Waals surface area contributed by atoms with E-state index in [1.807, 2.05) is 4.72 Å². The molecule has 1 amide bonds. The second-order valence-electron chi connectivity index (χ2n) is 6.37. The maximum absolute atomic E-state index is 14.5. The Labute approximate surface area is 190 Å². The third-order valence-electron chi connectivity index (χ3n) is 3.99. The summed E-state index contributed by atoms with van der Waals surface area (Å²) < 4.78 is 62.0. The fourth-order valence-electron chi connectivity index (χ4n) is 2.49. The highest BCUT2D eigenvalue weighted by Crippen LogP contribution is 2.30. The molecule has 7 N–H and O–H groups in total. The minimum atomic E-state index is -4.56. The van der Waals surface area contributed by atoms with Crippen molar-refractivity contribution in [1.82, 2.24) is 10.2 Å². The number of ether oxygens (including phenoxy) is 1. The maximum Gasteiger partial charge on any atom is 0.261 e. The average Bonchev–Trinajstić information content (AvgIpc) is 2.73. The van der Waals surface area contributed by atoms with Crippen molar-refractivity contribution in [2.24, 2.45) is 16.5 Å². The van der Waals surface area contributed by atoms with Gasteiger partial charge in [-0.3, -0.25) is 15.0 Å². The number of sulfonamides is 1. The lowest BCUT2D eigenvalue weighted by Gasteiger charge is -2.17. The molecule has 0 bridgehead atoms. The number of nitrogens with two attached hydrogens (primary N) is 2. The zero-order valence-corrected chi connectivity index (χ0v) is 18.8. The first-order valence-electron chi connectivity index (χ1n) is 8.97. The van der Waals surface area contributed by atoms with E-state index in [0.29, 0.717) is 12.1 Å². The summed E-state index contributed by atoms with van der Waals surface area (Å²) in [5, 5.41) is 8.86. The normalized spacial score (nSPS) is 12.1. The van der Waals surface area contributed by atoms with Gasteiger partial charge in [-0.2, -0.15) is 4.72 Å². The van der Waals surface area contributed by atoms with Gasteiger partial charge in [0.1, 0.15) is 11.8 Å². The van der Waals surface area contributed by atoms with Crippen molar-refractivity contribution in [1.29, 1.82) is 0 Å². The van der Waals surface area contributed by atoms with E-state index in [0.717, 1.165) is 4.47 Å². The van der Waals surface area contributed by atoms with Gasteiger partial charge >= 0.3 is 0 Å². The van der Waals surface area contributed by atoms with Gasteiger partial charge in [0.2, 0.25) is 10.0 Å². The molecule has 0 aliphatic carbocycles. The minimum absolute atomic E-state index is 0.0879. The number of hydrogen-bond acceptors (Lipinski definition) is 6. The number of benzene rings is 2. The molecule has 0 fully saturated rings. The van der Waals surface area contributed by atoms with Crippen LogP contribution in [0.25, 0.3) is 0 Å². The summed E-state index contributed by atoms with van der Waals surface area (Å²) in [6, 6.07) is 5.73. The average molecular weight is 536 g/mol. The highest BCUT2D eigenvalue weighted by atomic mass is 79.9. The molecule has 2 aromatic carbocycles. The summed E-state index contributed by atoms with van der Waals surface area (Å²) in [6.45, 7) is 0.0879. The van der Waals surface area contributed by atoms with Crippen LogP contribution in [0.15, 0.2) is 50.8 Å². The molecule has 0 radical (unpaired) electrons. The summed E-state index contributed by atoms with van der Waals surface area (Å²) in [7, 11) is -4.56. The number of amides is 1. The van der Waals surface area contributed by atoms with Crippen molar-refractivity contribution in [2.75, 3.05) is 6.54 Å². The van der Waals surface area contributed by atoms with Crippen molar-refractivity contribution in [2.45, 2.75) is 23.8 Å². The van der Waals surface area contributed by atoms with Crippen LogP contribution in [0.2, 0.25) is 0 Å². The lowest BCUT2D eigenvalue weighted by molar-refractivity contribution is -0.131. The van der Waals surface area contributed by atoms with Crippen molar-refractivity contribution < 1.29 is 31.9 Å². The van der Waals surface area contributed by atoms with Crippen molar-refractivity contribution >= 4 is 37.8 Å². The maximum atomic E-state index is 14.5. The van der Waals surface area contributed by atoms with E-state index in [4.69, 9.17) is 21.4 Å². The molecule has 0 saturated heterocycles. The largest absolute Gasteiger partial charge is 0.451 e. The van der Waals surface area contributed by atoms with Crippen LogP contribution in [0.1, 0.15) is 12.8 Å². The van der Waals surface area contributed by atoms with E-state index in [9.17, 15) is 22.0 Å². The van der Waals surface area contributed by atoms with Crippen molar-refractivity contribution in [3.8, 4) is 11.5 Å². The van der Waals surface area contributed by atoms with Crippen LogP contribution in [0.5, 0.6) is 11.5 Å². The van der Waals surface area contributed by atoms with Gasteiger partial charge in [-0.05, 0) is 49.2 Å². The SMILES string of the molecule is NC(N)=NCCC[C@@H](NS(=O)(=O)c1cc(F)c(Oc2ccc(Br)cc2)c(F)c1)C(=O)NO. The van der Waals surface area contributed by atoms with Gasteiger partial charge in [-0.15, -0.1) is 0 Å². The number of nitrogens with zero attached hydrogens (tertiary/aromatic N) is 1. The van der Waals surface area contributed by atoms with Crippen LogP contribution in [-0.4, -0.2) is 38.1 Å². The predicted octanol–water partition coefficient (Wildman–Crippen LogP) is 1.73. The Morgan fingerprint density at radius 2 is 1.78 bits per heavy atom. The predicted molar refractivity (Wildman–Crippen MR) is 115 cm³/mol. The topological polar surface area (TPSA) is 169 Å². The number of aliphatic imine (C=N–C) groups is 1. The molecule has 174 valence electrons. The lowest BCUT2D eigenvalue weighted by atomic mass is 10.1. The number of nitrogens with one attached hydrogen (secondary N) is 2. The third-order valence-corrected chi connectivity index (χ3v) is 5.96. The van der Waals surface area contributed by atoms with E-state index >= 15 is 0 Å². The fourth-order valence-corrected chi connectivity index (χ4v) is 4.01. The highest BCUT2D eigenvalue weighted by molar-refractivity contribution is 9.10. The fraction of sp³-hybridized carbons (Fsp3) is 0.222. The number of hydrogen-bond donors (Lipinski definition) is 5. The number of hydroxylamine groups is 1. The van der Waals surface area contributed by atoms with Gasteiger partial charge in [-0.25, -0.2) is 22.7 Å². The Bertz CT molecular complexity index is 1070. The molecule has 0 heterocycles. The second kappa shape index (κ2) is 11.2. The zero-order chi connectivity index (χ0) is 23.9. The molecule has 10 nitrogen and oxygen atoms in total. The highest BCUT2D eigenvalue weighted by Gasteiger charge is 2.27. The molecular formula is C18H20BrF2N5O5S. The summed E-state index contributed by atoms with van der Waals surface area (Å²) in [5.74, 6) is -4.48. The molecule has 0 aliphatic rings. The van der Waals surface area contributed by atoms with Gasteiger partial charge in [0.15, 0.2) is 23.3 Å².